The molecule has 0 saturated carbocycles. The first kappa shape index (κ1) is 27.0. The summed E-state index contributed by atoms with van der Waals surface area (Å²) in [7, 11) is 0. The van der Waals surface area contributed by atoms with Crippen molar-refractivity contribution in [1.82, 2.24) is 15.0 Å². The van der Waals surface area contributed by atoms with Crippen LogP contribution in [-0.2, 0) is 0 Å². The Bertz CT molecular complexity index is 2550. The third kappa shape index (κ3) is 4.75. The predicted molar refractivity (Wildman–Crippen MR) is 192 cm³/mol. The molecule has 0 radical (unpaired) electrons. The third-order valence-corrected chi connectivity index (χ3v) is 8.76. The zero-order valence-electron chi connectivity index (χ0n) is 25.3. The van der Waals surface area contributed by atoms with Crippen molar-refractivity contribution in [3.8, 4) is 56.4 Å². The number of hydrogen-bond donors (Lipinski definition) is 0. The second-order valence-electron chi connectivity index (χ2n) is 11.6. The molecule has 0 N–H and O–H groups in total. The SMILES string of the molecule is c1ccc(-c2ccc(-c3nc(-c4ccccc4)nc(-c4ccc(-c5cccc6ccccc56)c5oc6ccccc6c45)n3)cc2)cc1. The Hall–Kier alpha value is -6.39. The van der Waals surface area contributed by atoms with Crippen LogP contribution in [0.15, 0.2) is 168 Å². The predicted octanol–water partition coefficient (Wildman–Crippen LogP) is 11.3. The van der Waals surface area contributed by atoms with Crippen molar-refractivity contribution in [3.05, 3.63) is 164 Å². The largest absolute Gasteiger partial charge is 0.455 e. The maximum absolute atomic E-state index is 6.66. The molecular weight excluding hydrogens is 574 g/mol. The van der Waals surface area contributed by atoms with E-state index < -0.39 is 0 Å². The molecule has 9 aromatic rings. The van der Waals surface area contributed by atoms with Crippen molar-refractivity contribution in [2.45, 2.75) is 0 Å². The lowest BCUT2D eigenvalue weighted by Gasteiger charge is -2.12. The summed E-state index contributed by atoms with van der Waals surface area (Å²) in [4.78, 5) is 15.2. The lowest BCUT2D eigenvalue weighted by Crippen LogP contribution is -2.00. The first-order chi connectivity index (χ1) is 23.3. The topological polar surface area (TPSA) is 51.8 Å². The smallest absolute Gasteiger partial charge is 0.164 e. The van der Waals surface area contributed by atoms with E-state index in [1.807, 2.05) is 54.6 Å². The summed E-state index contributed by atoms with van der Waals surface area (Å²) in [5.74, 6) is 1.84. The van der Waals surface area contributed by atoms with E-state index >= 15 is 0 Å². The average molecular weight is 602 g/mol. The van der Waals surface area contributed by atoms with Crippen molar-refractivity contribution in [2.24, 2.45) is 0 Å². The minimum atomic E-state index is 0.599. The highest BCUT2D eigenvalue weighted by atomic mass is 16.3. The van der Waals surface area contributed by atoms with Gasteiger partial charge in [-0.2, -0.15) is 0 Å². The first-order valence-corrected chi connectivity index (χ1v) is 15.7. The van der Waals surface area contributed by atoms with Crippen LogP contribution in [0.5, 0.6) is 0 Å². The second kappa shape index (κ2) is 11.2. The molecule has 0 atom stereocenters. The molecule has 0 spiro atoms. The van der Waals surface area contributed by atoms with Crippen LogP contribution in [0.3, 0.4) is 0 Å². The molecule has 0 bridgehead atoms. The Balaban J connectivity index is 1.28. The Kier molecular flexibility index (Phi) is 6.43. The molecule has 0 fully saturated rings. The van der Waals surface area contributed by atoms with Gasteiger partial charge in [-0.1, -0.05) is 146 Å². The van der Waals surface area contributed by atoms with Gasteiger partial charge in [0.25, 0.3) is 0 Å². The molecule has 0 aliphatic rings. The van der Waals surface area contributed by atoms with Gasteiger partial charge >= 0.3 is 0 Å². The summed E-state index contributed by atoms with van der Waals surface area (Å²) in [5.41, 5.74) is 8.86. The summed E-state index contributed by atoms with van der Waals surface area (Å²) in [6, 6.07) is 56.2. The Morgan fingerprint density at radius 3 is 1.64 bits per heavy atom. The molecule has 4 heteroatoms. The minimum absolute atomic E-state index is 0.599. The van der Waals surface area contributed by atoms with Crippen molar-refractivity contribution in [1.29, 1.82) is 0 Å². The standard InChI is InChI=1S/C43H27N3O/c1-3-12-28(13-4-1)29-22-24-32(25-23-29)42-44-41(31-15-5-2-6-16-31)45-43(46-42)37-27-26-35(34-20-11-17-30-14-7-8-18-33(30)34)40-39(37)36-19-9-10-21-38(36)47-40/h1-27H. The van der Waals surface area contributed by atoms with Gasteiger partial charge in [-0.15, -0.1) is 0 Å². The van der Waals surface area contributed by atoms with Crippen LogP contribution < -0.4 is 0 Å². The highest BCUT2D eigenvalue weighted by molar-refractivity contribution is 6.17. The fourth-order valence-electron chi connectivity index (χ4n) is 6.47. The van der Waals surface area contributed by atoms with Crippen LogP contribution in [0.1, 0.15) is 0 Å². The van der Waals surface area contributed by atoms with Crippen LogP contribution in [0, 0.1) is 0 Å². The van der Waals surface area contributed by atoms with Gasteiger partial charge in [-0.05, 0) is 45.7 Å². The van der Waals surface area contributed by atoms with E-state index in [9.17, 15) is 0 Å². The summed E-state index contributed by atoms with van der Waals surface area (Å²) in [6.07, 6.45) is 0. The number of aromatic nitrogens is 3. The van der Waals surface area contributed by atoms with E-state index in [4.69, 9.17) is 19.4 Å². The number of para-hydroxylation sites is 1. The van der Waals surface area contributed by atoms with Gasteiger partial charge in [0.2, 0.25) is 0 Å². The van der Waals surface area contributed by atoms with E-state index in [1.165, 1.54) is 16.3 Å². The van der Waals surface area contributed by atoms with E-state index in [0.717, 1.165) is 55.3 Å². The monoisotopic (exact) mass is 601 g/mol. The Labute approximate surface area is 271 Å². The van der Waals surface area contributed by atoms with Gasteiger partial charge in [0.05, 0.1) is 0 Å². The summed E-state index contributed by atoms with van der Waals surface area (Å²) >= 11 is 0. The zero-order valence-corrected chi connectivity index (χ0v) is 25.3. The van der Waals surface area contributed by atoms with Gasteiger partial charge < -0.3 is 4.42 Å². The lowest BCUT2D eigenvalue weighted by atomic mass is 9.94. The maximum atomic E-state index is 6.66. The summed E-state index contributed by atoms with van der Waals surface area (Å²) in [6.45, 7) is 0. The second-order valence-corrected chi connectivity index (χ2v) is 11.6. The quantitative estimate of drug-likeness (QED) is 0.197. The molecule has 220 valence electrons. The fraction of sp³-hybridized carbons (Fsp3) is 0. The maximum Gasteiger partial charge on any atom is 0.164 e. The Morgan fingerprint density at radius 1 is 0.340 bits per heavy atom. The lowest BCUT2D eigenvalue weighted by molar-refractivity contribution is 0.670. The van der Waals surface area contributed by atoms with E-state index in [1.54, 1.807) is 0 Å². The molecule has 0 aliphatic heterocycles. The zero-order chi connectivity index (χ0) is 31.2. The molecule has 0 saturated heterocycles. The molecule has 0 amide bonds. The molecule has 0 aliphatic carbocycles. The number of rotatable bonds is 5. The van der Waals surface area contributed by atoms with E-state index in [-0.39, 0.29) is 0 Å². The number of benzene rings is 7. The third-order valence-electron chi connectivity index (χ3n) is 8.76. The van der Waals surface area contributed by atoms with Gasteiger partial charge in [0.1, 0.15) is 11.2 Å². The van der Waals surface area contributed by atoms with Crippen LogP contribution in [0.25, 0.3) is 89.1 Å². The number of hydrogen-bond acceptors (Lipinski definition) is 4. The first-order valence-electron chi connectivity index (χ1n) is 15.7. The van der Waals surface area contributed by atoms with Crippen LogP contribution >= 0.6 is 0 Å². The van der Waals surface area contributed by atoms with Gasteiger partial charge in [0.15, 0.2) is 17.5 Å². The number of nitrogens with zero attached hydrogens (tertiary/aromatic N) is 3. The molecule has 2 heterocycles. The van der Waals surface area contributed by atoms with Crippen molar-refractivity contribution in [3.63, 3.8) is 0 Å². The van der Waals surface area contributed by atoms with Crippen LogP contribution in [-0.4, -0.2) is 15.0 Å². The average Bonchev–Trinajstić information content (AvgIpc) is 3.55. The normalized spacial score (nSPS) is 11.4. The molecule has 7 aromatic carbocycles. The van der Waals surface area contributed by atoms with Crippen LogP contribution in [0.2, 0.25) is 0 Å². The van der Waals surface area contributed by atoms with E-state index in [2.05, 4.69) is 109 Å². The van der Waals surface area contributed by atoms with Crippen molar-refractivity contribution < 1.29 is 4.42 Å². The highest BCUT2D eigenvalue weighted by Gasteiger charge is 2.21. The van der Waals surface area contributed by atoms with Gasteiger partial charge in [-0.3, -0.25) is 0 Å². The molecular formula is C43H27N3O. The Morgan fingerprint density at radius 2 is 0.872 bits per heavy atom. The molecule has 47 heavy (non-hydrogen) atoms. The number of fused-ring (bicyclic) bond motifs is 4. The van der Waals surface area contributed by atoms with Crippen LogP contribution in [0.4, 0.5) is 0 Å². The summed E-state index contributed by atoms with van der Waals surface area (Å²) < 4.78 is 6.66. The minimum Gasteiger partial charge on any atom is -0.455 e. The summed E-state index contributed by atoms with van der Waals surface area (Å²) in [5, 5.41) is 4.38. The number of furan rings is 1. The van der Waals surface area contributed by atoms with Crippen molar-refractivity contribution in [2.75, 3.05) is 0 Å². The molecule has 4 nitrogen and oxygen atoms in total. The molecule has 0 unspecified atom stereocenters. The fourth-order valence-corrected chi connectivity index (χ4v) is 6.47. The van der Waals surface area contributed by atoms with Gasteiger partial charge in [-0.25, -0.2) is 15.0 Å². The molecule has 9 rings (SSSR count). The van der Waals surface area contributed by atoms with Crippen molar-refractivity contribution >= 4 is 32.7 Å². The van der Waals surface area contributed by atoms with Gasteiger partial charge in [0, 0.05) is 33.0 Å². The molecule has 2 aromatic heterocycles. The highest BCUT2D eigenvalue weighted by Crippen LogP contribution is 2.43. The van der Waals surface area contributed by atoms with E-state index in [0.29, 0.717) is 17.5 Å².